The van der Waals surface area contributed by atoms with Gasteiger partial charge >= 0.3 is 27.9 Å². The van der Waals surface area contributed by atoms with Gasteiger partial charge in [-0.25, -0.2) is 24.1 Å². The number of hydrogen-bond donors (Lipinski definition) is 7. The average molecular weight is 699 g/mol. The van der Waals surface area contributed by atoms with Gasteiger partial charge < -0.3 is 36.2 Å². The summed E-state index contributed by atoms with van der Waals surface area (Å²) in [5.74, 6) is -4.70. The number of hydrogen-bond acceptors (Lipinski definition) is 16. The van der Waals surface area contributed by atoms with Gasteiger partial charge in [-0.1, -0.05) is 9.24 Å². The molecule has 1 saturated heterocycles. The van der Waals surface area contributed by atoms with Crippen LogP contribution < -0.4 is 26.9 Å². The zero-order valence-corrected chi connectivity index (χ0v) is 26.0. The molecule has 1 aliphatic rings. The van der Waals surface area contributed by atoms with Gasteiger partial charge in [0.1, 0.15) is 11.7 Å². The molecular formula is C23H26N10O12S2. The van der Waals surface area contributed by atoms with Gasteiger partial charge in [-0.15, -0.1) is 16.4 Å². The monoisotopic (exact) mass is 698 g/mol. The third-order valence-corrected chi connectivity index (χ3v) is 8.00. The molecule has 0 spiro atoms. The Balaban J connectivity index is 1.51. The number of H-pyrrole nitrogens is 1. The van der Waals surface area contributed by atoms with Gasteiger partial charge in [0.05, 0.1) is 24.9 Å². The molecule has 24 heteroatoms. The van der Waals surface area contributed by atoms with Crippen molar-refractivity contribution in [3.63, 3.8) is 0 Å². The number of urea groups is 1. The molecule has 2 atom stereocenters. The number of amides is 4. The number of aromatic hydroxyl groups is 1. The van der Waals surface area contributed by atoms with Crippen LogP contribution in [0.5, 0.6) is 5.75 Å². The molecule has 0 unspecified atom stereocenters. The number of β-lactam (4-membered cyclic amide) rings is 1. The van der Waals surface area contributed by atoms with Crippen molar-refractivity contribution >= 4 is 56.2 Å². The summed E-state index contributed by atoms with van der Waals surface area (Å²) in [4.78, 5) is 86.4. The molecule has 3 aromatic rings. The van der Waals surface area contributed by atoms with Gasteiger partial charge in [0.2, 0.25) is 11.0 Å². The molecule has 1 aliphatic heterocycles. The highest BCUT2D eigenvalue weighted by Gasteiger charge is 2.44. The number of likely N-dealkylation sites (tertiary alicyclic amines) is 1. The van der Waals surface area contributed by atoms with Crippen molar-refractivity contribution in [2.24, 2.45) is 5.16 Å². The number of aromatic nitrogens is 5. The molecule has 4 heterocycles. The highest BCUT2D eigenvalue weighted by molar-refractivity contribution is 7.88. The minimum Gasteiger partial charge on any atom is -0.503 e. The first kappa shape index (κ1) is 34.3. The number of imide groups is 1. The van der Waals surface area contributed by atoms with Crippen LogP contribution >= 0.6 is 11.3 Å². The number of nitrogens with zero attached hydrogens (tertiary/aromatic N) is 6. The Morgan fingerprint density at radius 1 is 1.30 bits per heavy atom. The number of aliphatic hydroxyl groups excluding tert-OH is 1. The van der Waals surface area contributed by atoms with E-state index >= 15 is 0 Å². The maximum atomic E-state index is 13.0. The van der Waals surface area contributed by atoms with Crippen molar-refractivity contribution in [2.45, 2.75) is 45.1 Å². The Hall–Kier alpha value is -5.62. The molecule has 22 nitrogen and oxygen atoms in total. The van der Waals surface area contributed by atoms with Crippen LogP contribution in [0.4, 0.5) is 9.93 Å². The van der Waals surface area contributed by atoms with E-state index in [-0.39, 0.29) is 20.6 Å². The molecule has 47 heavy (non-hydrogen) atoms. The van der Waals surface area contributed by atoms with E-state index in [4.69, 9.17) is 10.6 Å². The maximum absolute atomic E-state index is 13.0. The van der Waals surface area contributed by atoms with E-state index in [9.17, 15) is 52.5 Å². The number of nitrogens with one attached hydrogen (secondary N) is 3. The molecule has 4 rings (SSSR count). The first-order chi connectivity index (χ1) is 21.8. The van der Waals surface area contributed by atoms with Crippen molar-refractivity contribution < 1.29 is 47.8 Å². The number of nitrogen functional groups attached to an aromatic ring is 1. The summed E-state index contributed by atoms with van der Waals surface area (Å²) in [5.41, 5.74) is 0.587. The van der Waals surface area contributed by atoms with E-state index in [1.807, 2.05) is 0 Å². The minimum absolute atomic E-state index is 0.0278. The lowest BCUT2D eigenvalue weighted by atomic mass is 10.1. The van der Waals surface area contributed by atoms with E-state index in [0.29, 0.717) is 9.47 Å². The summed E-state index contributed by atoms with van der Waals surface area (Å²) in [6.45, 7) is 2.54. The Bertz CT molecular complexity index is 2020. The zero-order chi connectivity index (χ0) is 35.0. The molecule has 0 aliphatic carbocycles. The van der Waals surface area contributed by atoms with Crippen LogP contribution in [0, 0.1) is 0 Å². The molecule has 1 fully saturated rings. The number of pyridine rings is 1. The number of carboxylic acids is 1. The van der Waals surface area contributed by atoms with Gasteiger partial charge in [0.15, 0.2) is 22.4 Å². The number of aromatic amines is 1. The Kier molecular flexibility index (Phi) is 9.21. The number of carboxylic acid groups (broad SMARTS) is 1. The van der Waals surface area contributed by atoms with E-state index in [1.54, 1.807) is 0 Å². The summed E-state index contributed by atoms with van der Waals surface area (Å²) < 4.78 is 28.1. The lowest BCUT2D eigenvalue weighted by Crippen LogP contribution is -2.68. The van der Waals surface area contributed by atoms with Crippen LogP contribution in [0.2, 0.25) is 0 Å². The van der Waals surface area contributed by atoms with Crippen LogP contribution in [0.1, 0.15) is 26.5 Å². The Morgan fingerprint density at radius 2 is 1.98 bits per heavy atom. The standard InChI is InChI=1S/C23H26N10O12S2/c1-9(34)6-31-16(10-4-13(35)14(36)5-25-10)28-33(22(31)42)47(43,44)30-21(41)32-7-11(18(32)38)26-17(37)15(12-8-46-20(24)27-12)29-45-23(2,3)19(39)40/h4-5,8-9,11,34,36H,6-7H2,1-3H3,(H2,24,27)(H,25,35)(H,26,37)(H,30,41)(H,39,40)/t9-,11+/m1/s1. The smallest absolute Gasteiger partial charge is 0.362 e. The van der Waals surface area contributed by atoms with E-state index < -0.39 is 93.3 Å². The number of carbonyl (C=O) groups excluding carboxylic acids is 3. The van der Waals surface area contributed by atoms with Gasteiger partial charge in [-0.05, 0) is 20.8 Å². The van der Waals surface area contributed by atoms with Gasteiger partial charge in [0.25, 0.3) is 11.8 Å². The topological polar surface area (TPSA) is 324 Å². The maximum Gasteiger partial charge on any atom is 0.362 e. The van der Waals surface area contributed by atoms with Crippen molar-refractivity contribution in [3.8, 4) is 17.3 Å². The second-order valence-corrected chi connectivity index (χ2v) is 12.7. The molecule has 0 saturated carbocycles. The first-order valence-electron chi connectivity index (χ1n) is 13.0. The highest BCUT2D eigenvalue weighted by Crippen LogP contribution is 2.18. The second kappa shape index (κ2) is 12.6. The molecule has 0 radical (unpaired) electrons. The fourth-order valence-electron chi connectivity index (χ4n) is 3.71. The second-order valence-electron chi connectivity index (χ2n) is 10.3. The SMILES string of the molecule is C[C@@H](O)Cn1c(-c2cc(=O)c(O)c[nH]2)nn(S(=O)(=O)NC(=O)N2C[C@H](NC(=O)C(=NOC(C)(C)C(=O)O)c3csc(N)n3)C2=O)c1=O. The number of anilines is 1. The molecule has 4 amide bonds. The van der Waals surface area contributed by atoms with Crippen LogP contribution in [0.25, 0.3) is 11.5 Å². The van der Waals surface area contributed by atoms with Gasteiger partial charge in [-0.2, -0.15) is 8.42 Å². The van der Waals surface area contributed by atoms with Crippen molar-refractivity contribution in [1.29, 1.82) is 0 Å². The summed E-state index contributed by atoms with van der Waals surface area (Å²) in [6, 6.07) is -2.09. The quantitative estimate of drug-likeness (QED) is 0.0594. The fraction of sp³-hybridized carbons (Fsp3) is 0.348. The molecule has 0 bridgehead atoms. The van der Waals surface area contributed by atoms with E-state index in [1.165, 1.54) is 17.0 Å². The van der Waals surface area contributed by atoms with Crippen LogP contribution in [0.15, 0.2) is 32.4 Å². The van der Waals surface area contributed by atoms with Crippen LogP contribution in [-0.2, 0) is 36.0 Å². The molecular weight excluding hydrogens is 672 g/mol. The average Bonchev–Trinajstić information content (AvgIpc) is 3.54. The normalized spacial score (nSPS) is 15.9. The predicted octanol–water partition coefficient (Wildman–Crippen LogP) is -3.06. The molecule has 252 valence electrons. The van der Waals surface area contributed by atoms with E-state index in [0.717, 1.165) is 37.4 Å². The minimum atomic E-state index is -5.15. The van der Waals surface area contributed by atoms with Crippen LogP contribution in [-0.4, -0.2) is 106 Å². The number of oxime groups is 1. The summed E-state index contributed by atoms with van der Waals surface area (Å²) >= 11 is 0.923. The number of aliphatic carboxylic acids is 1. The lowest BCUT2D eigenvalue weighted by Gasteiger charge is -2.36. The van der Waals surface area contributed by atoms with Crippen molar-refractivity contribution in [2.75, 3.05) is 12.3 Å². The van der Waals surface area contributed by atoms with Crippen molar-refractivity contribution in [3.05, 3.63) is 44.0 Å². The predicted molar refractivity (Wildman–Crippen MR) is 158 cm³/mol. The lowest BCUT2D eigenvalue weighted by molar-refractivity contribution is -0.161. The van der Waals surface area contributed by atoms with Gasteiger partial charge in [-0.3, -0.25) is 23.9 Å². The third-order valence-electron chi connectivity index (χ3n) is 6.20. The summed E-state index contributed by atoms with van der Waals surface area (Å²) in [7, 11) is -5.15. The van der Waals surface area contributed by atoms with E-state index in [2.05, 4.69) is 25.5 Å². The number of rotatable bonds is 11. The number of aliphatic hydroxyl groups is 1. The van der Waals surface area contributed by atoms with Crippen molar-refractivity contribution in [1.82, 2.24) is 38.7 Å². The Morgan fingerprint density at radius 3 is 2.53 bits per heavy atom. The summed E-state index contributed by atoms with van der Waals surface area (Å²) in [6.07, 6.45) is -0.343. The number of thiazole rings is 1. The first-order valence-corrected chi connectivity index (χ1v) is 15.3. The number of carbonyl (C=O) groups is 4. The molecule has 8 N–H and O–H groups in total. The molecule has 3 aromatic heterocycles. The Labute approximate surface area is 266 Å². The van der Waals surface area contributed by atoms with Gasteiger partial charge in [0, 0.05) is 17.6 Å². The highest BCUT2D eigenvalue weighted by atomic mass is 32.2. The zero-order valence-electron chi connectivity index (χ0n) is 24.4. The number of nitrogens with two attached hydrogens (primary N) is 1. The largest absolute Gasteiger partial charge is 0.503 e. The fourth-order valence-corrected chi connectivity index (χ4v) is 5.16. The molecule has 0 aromatic carbocycles. The summed E-state index contributed by atoms with van der Waals surface area (Å²) in [5, 5.41) is 39.4. The van der Waals surface area contributed by atoms with Crippen LogP contribution in [0.3, 0.4) is 0 Å². The third kappa shape index (κ3) is 7.12.